The van der Waals surface area contributed by atoms with Crippen molar-refractivity contribution in [3.63, 3.8) is 0 Å². The van der Waals surface area contributed by atoms with E-state index in [1.165, 1.54) is 6.42 Å². The zero-order chi connectivity index (χ0) is 11.9. The van der Waals surface area contributed by atoms with E-state index in [4.69, 9.17) is 0 Å². The molecule has 17 heavy (non-hydrogen) atoms. The summed E-state index contributed by atoms with van der Waals surface area (Å²) >= 11 is 0. The molecule has 3 rings (SSSR count). The summed E-state index contributed by atoms with van der Waals surface area (Å²) in [6.45, 7) is 6.39. The second-order valence-electron chi connectivity index (χ2n) is 6.19. The van der Waals surface area contributed by atoms with Crippen molar-refractivity contribution in [3.05, 3.63) is 0 Å². The summed E-state index contributed by atoms with van der Waals surface area (Å²) in [6, 6.07) is 0. The maximum Gasteiger partial charge on any atom is 0.225 e. The van der Waals surface area contributed by atoms with Crippen molar-refractivity contribution >= 4 is 5.91 Å². The third kappa shape index (κ3) is 2.08. The van der Waals surface area contributed by atoms with Crippen molar-refractivity contribution in [2.75, 3.05) is 46.3 Å². The normalized spacial score (nSPS) is 29.6. The van der Waals surface area contributed by atoms with Gasteiger partial charge in [0, 0.05) is 37.5 Å². The smallest absolute Gasteiger partial charge is 0.225 e. The molecule has 3 fully saturated rings. The van der Waals surface area contributed by atoms with Crippen LogP contribution in [0.25, 0.3) is 0 Å². The van der Waals surface area contributed by atoms with Crippen LogP contribution in [-0.2, 0) is 4.79 Å². The number of likely N-dealkylation sites (tertiary alicyclic amines) is 2. The first-order valence-electron chi connectivity index (χ1n) is 6.87. The van der Waals surface area contributed by atoms with Crippen molar-refractivity contribution in [3.8, 4) is 0 Å². The van der Waals surface area contributed by atoms with E-state index in [1.54, 1.807) is 0 Å². The molecule has 0 unspecified atom stereocenters. The number of nitrogens with one attached hydrogen (secondary N) is 1. The van der Waals surface area contributed by atoms with Crippen LogP contribution in [0.1, 0.15) is 19.3 Å². The molecule has 0 radical (unpaired) electrons. The van der Waals surface area contributed by atoms with Gasteiger partial charge in [0.1, 0.15) is 0 Å². The standard InChI is InChI=1S/C13H23N3O/c1-15-5-2-11(3-6-15)12(17)16-7-4-13(10-16)8-14-9-13/h11,14H,2-10H2,1H3. The Balaban J connectivity index is 1.56. The molecule has 1 amide bonds. The van der Waals surface area contributed by atoms with Gasteiger partial charge in [0.25, 0.3) is 0 Å². The lowest BCUT2D eigenvalue weighted by Gasteiger charge is -2.39. The maximum absolute atomic E-state index is 12.4. The fourth-order valence-corrected chi connectivity index (χ4v) is 3.40. The third-order valence-corrected chi connectivity index (χ3v) is 4.82. The number of amides is 1. The Kier molecular flexibility index (Phi) is 2.87. The van der Waals surface area contributed by atoms with Crippen LogP contribution < -0.4 is 5.32 Å². The second-order valence-corrected chi connectivity index (χ2v) is 6.19. The van der Waals surface area contributed by atoms with Crippen molar-refractivity contribution in [2.45, 2.75) is 19.3 Å². The zero-order valence-corrected chi connectivity index (χ0v) is 10.7. The largest absolute Gasteiger partial charge is 0.342 e. The molecule has 3 aliphatic rings. The Morgan fingerprint density at radius 3 is 2.47 bits per heavy atom. The van der Waals surface area contributed by atoms with Gasteiger partial charge in [-0.05, 0) is 39.4 Å². The van der Waals surface area contributed by atoms with Gasteiger partial charge in [-0.1, -0.05) is 0 Å². The predicted octanol–water partition coefficient (Wildman–Crippen LogP) is 0.150. The highest BCUT2D eigenvalue weighted by Crippen LogP contribution is 2.35. The molecule has 1 N–H and O–H groups in total. The Labute approximate surface area is 103 Å². The van der Waals surface area contributed by atoms with E-state index in [1.807, 2.05) is 0 Å². The number of hydrogen-bond acceptors (Lipinski definition) is 3. The Bertz CT molecular complexity index is 306. The van der Waals surface area contributed by atoms with Gasteiger partial charge >= 0.3 is 0 Å². The van der Waals surface area contributed by atoms with Crippen LogP contribution in [0.4, 0.5) is 0 Å². The lowest BCUT2D eigenvalue weighted by molar-refractivity contribution is -0.136. The minimum atomic E-state index is 0.300. The third-order valence-electron chi connectivity index (χ3n) is 4.82. The minimum Gasteiger partial charge on any atom is -0.342 e. The highest BCUT2D eigenvalue weighted by Gasteiger charge is 2.45. The zero-order valence-electron chi connectivity index (χ0n) is 10.7. The Hall–Kier alpha value is -0.610. The van der Waals surface area contributed by atoms with E-state index in [9.17, 15) is 4.79 Å². The summed E-state index contributed by atoms with van der Waals surface area (Å²) in [7, 11) is 2.14. The molecule has 3 aliphatic heterocycles. The predicted molar refractivity (Wildman–Crippen MR) is 66.7 cm³/mol. The van der Waals surface area contributed by atoms with Crippen LogP contribution in [0.3, 0.4) is 0 Å². The lowest BCUT2D eigenvalue weighted by Crippen LogP contribution is -2.55. The molecule has 0 aromatic carbocycles. The van der Waals surface area contributed by atoms with E-state index in [-0.39, 0.29) is 0 Å². The van der Waals surface area contributed by atoms with Crippen molar-refractivity contribution < 1.29 is 4.79 Å². The Morgan fingerprint density at radius 2 is 1.94 bits per heavy atom. The summed E-state index contributed by atoms with van der Waals surface area (Å²) in [4.78, 5) is 16.9. The van der Waals surface area contributed by atoms with Gasteiger partial charge in [-0.2, -0.15) is 0 Å². The number of rotatable bonds is 1. The summed E-state index contributed by atoms with van der Waals surface area (Å²) in [5.74, 6) is 0.733. The molecule has 4 heteroatoms. The average Bonchev–Trinajstić information content (AvgIpc) is 2.74. The first-order chi connectivity index (χ1) is 8.19. The molecule has 3 heterocycles. The molecule has 0 aromatic heterocycles. The van der Waals surface area contributed by atoms with Gasteiger partial charge in [-0.15, -0.1) is 0 Å². The van der Waals surface area contributed by atoms with Crippen molar-refractivity contribution in [1.82, 2.24) is 15.1 Å². The van der Waals surface area contributed by atoms with Gasteiger partial charge in [-0.25, -0.2) is 0 Å². The van der Waals surface area contributed by atoms with Crippen LogP contribution in [0.2, 0.25) is 0 Å². The minimum absolute atomic E-state index is 0.300. The molecule has 0 bridgehead atoms. The van der Waals surface area contributed by atoms with Crippen LogP contribution in [-0.4, -0.2) is 62.0 Å². The molecule has 0 aliphatic carbocycles. The first-order valence-corrected chi connectivity index (χ1v) is 6.87. The fourth-order valence-electron chi connectivity index (χ4n) is 3.40. The maximum atomic E-state index is 12.4. The fraction of sp³-hybridized carbons (Fsp3) is 0.923. The van der Waals surface area contributed by atoms with E-state index in [0.29, 0.717) is 17.2 Å². The number of piperidine rings is 1. The van der Waals surface area contributed by atoms with Gasteiger partial charge < -0.3 is 15.1 Å². The van der Waals surface area contributed by atoms with E-state index < -0.39 is 0 Å². The summed E-state index contributed by atoms with van der Waals surface area (Å²) in [5, 5.41) is 3.34. The Morgan fingerprint density at radius 1 is 1.24 bits per heavy atom. The molecule has 96 valence electrons. The van der Waals surface area contributed by atoms with Crippen LogP contribution in [0.15, 0.2) is 0 Å². The molecule has 0 saturated carbocycles. The topological polar surface area (TPSA) is 35.6 Å². The second kappa shape index (κ2) is 4.25. The number of carbonyl (C=O) groups is 1. The van der Waals surface area contributed by atoms with E-state index in [2.05, 4.69) is 22.2 Å². The van der Waals surface area contributed by atoms with Crippen molar-refractivity contribution in [2.24, 2.45) is 11.3 Å². The highest BCUT2D eigenvalue weighted by molar-refractivity contribution is 5.79. The number of nitrogens with zero attached hydrogens (tertiary/aromatic N) is 2. The molecule has 4 nitrogen and oxygen atoms in total. The molecule has 0 atom stereocenters. The SMILES string of the molecule is CN1CCC(C(=O)N2CCC3(CNC3)C2)CC1. The molecular formula is C13H23N3O. The highest BCUT2D eigenvalue weighted by atomic mass is 16.2. The van der Waals surface area contributed by atoms with Gasteiger partial charge in [0.2, 0.25) is 5.91 Å². The summed E-state index contributed by atoms with van der Waals surface area (Å²) in [6.07, 6.45) is 3.31. The number of hydrogen-bond donors (Lipinski definition) is 1. The lowest BCUT2D eigenvalue weighted by atomic mass is 9.81. The molecule has 3 saturated heterocycles. The quantitative estimate of drug-likeness (QED) is 0.705. The summed E-state index contributed by atoms with van der Waals surface area (Å²) in [5.41, 5.74) is 0.446. The molecule has 0 aromatic rings. The van der Waals surface area contributed by atoms with Gasteiger partial charge in [-0.3, -0.25) is 4.79 Å². The number of carbonyl (C=O) groups excluding carboxylic acids is 1. The van der Waals surface area contributed by atoms with Crippen LogP contribution in [0, 0.1) is 11.3 Å². The first kappa shape index (κ1) is 11.5. The van der Waals surface area contributed by atoms with E-state index >= 15 is 0 Å². The van der Waals surface area contributed by atoms with Gasteiger partial charge in [0.15, 0.2) is 0 Å². The average molecular weight is 237 g/mol. The van der Waals surface area contributed by atoms with Crippen LogP contribution in [0.5, 0.6) is 0 Å². The van der Waals surface area contributed by atoms with E-state index in [0.717, 1.165) is 52.1 Å². The molecule has 1 spiro atoms. The van der Waals surface area contributed by atoms with Crippen molar-refractivity contribution in [1.29, 1.82) is 0 Å². The summed E-state index contributed by atoms with van der Waals surface area (Å²) < 4.78 is 0. The van der Waals surface area contributed by atoms with Crippen LogP contribution >= 0.6 is 0 Å². The molecular weight excluding hydrogens is 214 g/mol. The monoisotopic (exact) mass is 237 g/mol. The van der Waals surface area contributed by atoms with Gasteiger partial charge in [0.05, 0.1) is 0 Å².